The van der Waals surface area contributed by atoms with Crippen LogP contribution in [0.25, 0.3) is 0 Å². The lowest BCUT2D eigenvalue weighted by Gasteiger charge is -2.18. The van der Waals surface area contributed by atoms with Crippen molar-refractivity contribution in [1.29, 1.82) is 0 Å². The number of nitrogens with two attached hydrogens (primary N) is 2. The van der Waals surface area contributed by atoms with Gasteiger partial charge in [0.1, 0.15) is 0 Å². The zero-order valence-corrected chi connectivity index (χ0v) is 28.0. The monoisotopic (exact) mass is 705 g/mol. The zero-order chi connectivity index (χ0) is 36.5. The van der Waals surface area contributed by atoms with Crippen LogP contribution in [0.2, 0.25) is 0 Å². The molecule has 0 radical (unpaired) electrons. The Morgan fingerprint density at radius 1 is 0.729 bits per heavy atom. The molecule has 2 fully saturated rings. The summed E-state index contributed by atoms with van der Waals surface area (Å²) in [5, 5.41) is 39.8. The molecule has 2 aliphatic rings. The third-order valence-electron chi connectivity index (χ3n) is 6.77. The third-order valence-corrected chi connectivity index (χ3v) is 8.12. The van der Waals surface area contributed by atoms with Gasteiger partial charge in [-0.3, -0.25) is 24.6 Å². The summed E-state index contributed by atoms with van der Waals surface area (Å²) in [4.78, 5) is 50.6. The average molecular weight is 706 g/mol. The first-order valence-corrected chi connectivity index (χ1v) is 16.9. The van der Waals surface area contributed by atoms with Crippen LogP contribution >= 0.6 is 0 Å². The molecule has 2 atom stereocenters. The summed E-state index contributed by atoms with van der Waals surface area (Å²) >= 11 is 0. The number of hydrazine groups is 1. The Labute approximate surface area is 280 Å². The van der Waals surface area contributed by atoms with Crippen LogP contribution < -0.4 is 32.2 Å². The van der Waals surface area contributed by atoms with Crippen molar-refractivity contribution >= 4 is 39.9 Å². The minimum absolute atomic E-state index is 0.0894. The number of benzene rings is 1. The quantitative estimate of drug-likeness (QED) is 0.0977. The highest BCUT2D eigenvalue weighted by Crippen LogP contribution is 2.36. The number of carboxylic acid groups (broad SMARTS) is 4. The molecule has 1 aliphatic heterocycles. The maximum atomic E-state index is 12.1. The van der Waals surface area contributed by atoms with Crippen LogP contribution in [-0.4, -0.2) is 116 Å². The Hall–Kier alpha value is -3.88. The third kappa shape index (κ3) is 22.6. The number of hydrogen-bond donors (Lipinski definition) is 10. The van der Waals surface area contributed by atoms with E-state index in [1.54, 1.807) is 12.1 Å². The van der Waals surface area contributed by atoms with Crippen LogP contribution in [0.5, 0.6) is 0 Å². The number of carbonyl (C=O) groups is 5. The number of aliphatic carboxylic acids is 4. The molecule has 2 unspecified atom stereocenters. The van der Waals surface area contributed by atoms with E-state index in [0.29, 0.717) is 24.9 Å². The van der Waals surface area contributed by atoms with Crippen LogP contribution in [0.3, 0.4) is 0 Å². The molecule has 0 bridgehead atoms. The fraction of sp³-hybridized carbons (Fsp3) is 0.621. The number of nitrogens with one attached hydrogen (secondary N) is 4. The van der Waals surface area contributed by atoms with E-state index < -0.39 is 39.9 Å². The topological polar surface area (TPSA) is 304 Å². The van der Waals surface area contributed by atoms with Gasteiger partial charge in [-0.05, 0) is 43.7 Å². The van der Waals surface area contributed by atoms with Gasteiger partial charge in [0, 0.05) is 52.4 Å². The summed E-state index contributed by atoms with van der Waals surface area (Å²) < 4.78 is 26.3. The molecule has 19 heteroatoms. The maximum absolute atomic E-state index is 12.1. The molecular formula is C29H51N7O11S. The summed E-state index contributed by atoms with van der Waals surface area (Å²) in [5.41, 5.74) is 14.1. The molecule has 18 nitrogen and oxygen atoms in total. The normalized spacial score (nSPS) is 16.4. The van der Waals surface area contributed by atoms with Crippen molar-refractivity contribution in [2.45, 2.75) is 56.8 Å². The molecule has 48 heavy (non-hydrogen) atoms. The molecule has 274 valence electrons. The van der Waals surface area contributed by atoms with E-state index in [-0.39, 0.29) is 30.6 Å². The predicted molar refractivity (Wildman–Crippen MR) is 175 cm³/mol. The summed E-state index contributed by atoms with van der Waals surface area (Å²) in [6, 6.07) is 5.69. The summed E-state index contributed by atoms with van der Waals surface area (Å²) in [6.07, 6.45) is 2.48. The van der Waals surface area contributed by atoms with Crippen molar-refractivity contribution in [2.75, 3.05) is 52.4 Å². The molecular weight excluding hydrogens is 654 g/mol. The number of carbonyl (C=O) groups excluding carboxylic acids is 1. The van der Waals surface area contributed by atoms with Gasteiger partial charge in [-0.25, -0.2) is 22.9 Å². The number of rotatable bonds is 16. The second kappa shape index (κ2) is 25.2. The zero-order valence-electron chi connectivity index (χ0n) is 27.2. The second-order valence-electron chi connectivity index (χ2n) is 10.9. The van der Waals surface area contributed by atoms with Crippen LogP contribution in [0.4, 0.5) is 4.79 Å². The fourth-order valence-corrected chi connectivity index (χ4v) is 5.35. The smallest absolute Gasteiger partial charge is 0.343 e. The second-order valence-corrected chi connectivity index (χ2v) is 12.6. The molecule has 12 N–H and O–H groups in total. The van der Waals surface area contributed by atoms with Crippen molar-refractivity contribution in [2.24, 2.45) is 23.3 Å². The first-order chi connectivity index (χ1) is 22.6. The van der Waals surface area contributed by atoms with E-state index in [1.165, 1.54) is 31.4 Å². The van der Waals surface area contributed by atoms with Gasteiger partial charge in [0.05, 0.1) is 30.6 Å². The van der Waals surface area contributed by atoms with E-state index in [9.17, 15) is 32.4 Å². The minimum atomic E-state index is -3.83. The van der Waals surface area contributed by atoms with Gasteiger partial charge in [-0.1, -0.05) is 24.1 Å². The molecule has 1 aliphatic carbocycles. The molecule has 1 saturated carbocycles. The number of amides is 2. The lowest BCUT2D eigenvalue weighted by atomic mass is 10.0. The van der Waals surface area contributed by atoms with E-state index in [0.717, 1.165) is 44.8 Å². The Morgan fingerprint density at radius 3 is 1.48 bits per heavy atom. The van der Waals surface area contributed by atoms with Gasteiger partial charge in [-0.2, -0.15) is 0 Å². The molecule has 1 heterocycles. The standard InChI is InChI=1S/C15H21N3O3S.C6H18N4.2C4H6O4/c1-11-5-7-14(8-6-11)22(20,21)17-15(19)16-18-9-12-3-2-4-13(12)10-18;7-1-3-9-5-6-10-4-2-8;2*5-3(6)1-2-4(7)8/h5-8,12-13H,2-4,9-10H2,1H3,(H2,16,17,19);9-10H,1-8H2;2*1-2H2,(H,5,6)(H,7,8). The van der Waals surface area contributed by atoms with Gasteiger partial charge < -0.3 is 42.5 Å². The van der Waals surface area contributed by atoms with Crippen LogP contribution in [0, 0.1) is 18.8 Å². The molecule has 0 aromatic heterocycles. The van der Waals surface area contributed by atoms with Crippen molar-refractivity contribution in [3.05, 3.63) is 29.8 Å². The highest BCUT2D eigenvalue weighted by atomic mass is 32.2. The Morgan fingerprint density at radius 2 is 1.12 bits per heavy atom. The van der Waals surface area contributed by atoms with Gasteiger partial charge in [0.15, 0.2) is 0 Å². The highest BCUT2D eigenvalue weighted by molar-refractivity contribution is 7.90. The van der Waals surface area contributed by atoms with Crippen LogP contribution in [0.15, 0.2) is 29.2 Å². The Kier molecular flexibility index (Phi) is 23.1. The Bertz CT molecular complexity index is 1160. The molecule has 3 rings (SSSR count). The summed E-state index contributed by atoms with van der Waals surface area (Å²) in [7, 11) is -3.83. The number of nitrogens with zero attached hydrogens (tertiary/aromatic N) is 1. The lowest BCUT2D eigenvalue weighted by Crippen LogP contribution is -2.48. The minimum Gasteiger partial charge on any atom is -0.481 e. The number of sulfonamides is 1. The van der Waals surface area contributed by atoms with E-state index in [2.05, 4.69) is 20.8 Å². The van der Waals surface area contributed by atoms with E-state index in [1.807, 2.05) is 11.9 Å². The number of fused-ring (bicyclic) bond motifs is 1. The van der Waals surface area contributed by atoms with Gasteiger partial charge in [-0.15, -0.1) is 0 Å². The largest absolute Gasteiger partial charge is 0.481 e. The van der Waals surface area contributed by atoms with Gasteiger partial charge in [0.25, 0.3) is 10.0 Å². The molecule has 1 aromatic carbocycles. The SMILES string of the molecule is Cc1ccc(S(=O)(=O)NC(=O)NN2CC3CCCC3C2)cc1.NCCNCCNCCN.O=C(O)CCC(=O)O.O=C(O)CCC(=O)O. The summed E-state index contributed by atoms with van der Waals surface area (Å²) in [5.74, 6) is -3.04. The van der Waals surface area contributed by atoms with Gasteiger partial charge in [0.2, 0.25) is 0 Å². The van der Waals surface area contributed by atoms with E-state index >= 15 is 0 Å². The fourth-order valence-electron chi connectivity index (χ4n) is 4.45. The van der Waals surface area contributed by atoms with Crippen LogP contribution in [-0.2, 0) is 29.2 Å². The van der Waals surface area contributed by atoms with E-state index in [4.69, 9.17) is 31.9 Å². The molecule has 1 saturated heterocycles. The number of aryl methyl sites for hydroxylation is 1. The van der Waals surface area contributed by atoms with Crippen LogP contribution in [0.1, 0.15) is 50.5 Å². The first kappa shape index (κ1) is 44.1. The maximum Gasteiger partial charge on any atom is 0.343 e. The molecule has 0 spiro atoms. The average Bonchev–Trinajstić information content (AvgIpc) is 3.60. The summed E-state index contributed by atoms with van der Waals surface area (Å²) in [6.45, 7) is 8.63. The first-order valence-electron chi connectivity index (χ1n) is 15.4. The number of urea groups is 1. The van der Waals surface area contributed by atoms with Crippen molar-refractivity contribution in [3.8, 4) is 0 Å². The van der Waals surface area contributed by atoms with Crippen molar-refractivity contribution < 1.29 is 52.8 Å². The number of hydrogen-bond acceptors (Lipinski definition) is 12. The predicted octanol–water partition coefficient (Wildman–Crippen LogP) is -0.416. The van der Waals surface area contributed by atoms with Crippen molar-refractivity contribution in [1.82, 2.24) is 25.8 Å². The highest BCUT2D eigenvalue weighted by Gasteiger charge is 2.36. The Balaban J connectivity index is 0.000000710. The van der Waals surface area contributed by atoms with Crippen molar-refractivity contribution in [3.63, 3.8) is 0 Å². The lowest BCUT2D eigenvalue weighted by molar-refractivity contribution is -0.143. The number of carboxylic acids is 4. The molecule has 1 aromatic rings. The molecule has 2 amide bonds. The van der Waals surface area contributed by atoms with Gasteiger partial charge >= 0.3 is 29.9 Å².